The molecule has 0 aromatic carbocycles. The SMILES string of the molecule is COCCN(CCC#N)C(C)CC1COCCN1. The predicted octanol–water partition coefficient (Wildman–Crippen LogP) is 0.615. The molecule has 2 unspecified atom stereocenters. The Morgan fingerprint density at radius 1 is 1.56 bits per heavy atom. The van der Waals surface area contributed by atoms with Gasteiger partial charge in [-0.05, 0) is 13.3 Å². The molecule has 1 rings (SSSR count). The van der Waals surface area contributed by atoms with Gasteiger partial charge in [0.2, 0.25) is 0 Å². The summed E-state index contributed by atoms with van der Waals surface area (Å²) in [4.78, 5) is 2.32. The van der Waals surface area contributed by atoms with Crippen molar-refractivity contribution in [2.75, 3.05) is 46.6 Å². The van der Waals surface area contributed by atoms with Gasteiger partial charge in [-0.1, -0.05) is 0 Å². The minimum absolute atomic E-state index is 0.431. The van der Waals surface area contributed by atoms with E-state index in [0.29, 0.717) is 25.1 Å². The van der Waals surface area contributed by atoms with Crippen LogP contribution in [0.15, 0.2) is 0 Å². The zero-order valence-electron chi connectivity index (χ0n) is 11.5. The van der Waals surface area contributed by atoms with Crippen molar-refractivity contribution >= 4 is 0 Å². The molecule has 1 fully saturated rings. The Hall–Kier alpha value is -0.670. The van der Waals surface area contributed by atoms with Crippen molar-refractivity contribution in [1.82, 2.24) is 10.2 Å². The van der Waals surface area contributed by atoms with Crippen LogP contribution in [0.5, 0.6) is 0 Å². The van der Waals surface area contributed by atoms with E-state index in [-0.39, 0.29) is 0 Å². The Bertz CT molecular complexity index is 249. The van der Waals surface area contributed by atoms with Gasteiger partial charge in [0.15, 0.2) is 0 Å². The van der Waals surface area contributed by atoms with Gasteiger partial charge in [-0.3, -0.25) is 4.90 Å². The summed E-state index contributed by atoms with van der Waals surface area (Å²) in [6.45, 7) is 7.16. The molecule has 18 heavy (non-hydrogen) atoms. The maximum atomic E-state index is 8.70. The highest BCUT2D eigenvalue weighted by Gasteiger charge is 2.20. The van der Waals surface area contributed by atoms with Crippen LogP contribution in [0.25, 0.3) is 0 Å². The molecule has 0 aromatic heterocycles. The summed E-state index contributed by atoms with van der Waals surface area (Å²) in [6.07, 6.45) is 1.62. The van der Waals surface area contributed by atoms with Crippen LogP contribution in [0.1, 0.15) is 19.8 Å². The fraction of sp³-hybridized carbons (Fsp3) is 0.923. The van der Waals surface area contributed by atoms with Gasteiger partial charge in [-0.2, -0.15) is 5.26 Å². The molecule has 1 aliphatic heterocycles. The average Bonchev–Trinajstić information content (AvgIpc) is 2.40. The van der Waals surface area contributed by atoms with Gasteiger partial charge in [0.05, 0.1) is 25.9 Å². The van der Waals surface area contributed by atoms with Crippen LogP contribution < -0.4 is 5.32 Å². The van der Waals surface area contributed by atoms with E-state index < -0.39 is 0 Å². The van der Waals surface area contributed by atoms with E-state index in [1.807, 2.05) is 0 Å². The maximum Gasteiger partial charge on any atom is 0.0635 e. The Labute approximate surface area is 110 Å². The van der Waals surface area contributed by atoms with Crippen molar-refractivity contribution in [3.8, 4) is 6.07 Å². The monoisotopic (exact) mass is 255 g/mol. The molecule has 0 radical (unpaired) electrons. The van der Waals surface area contributed by atoms with Gasteiger partial charge in [-0.25, -0.2) is 0 Å². The highest BCUT2D eigenvalue weighted by Crippen LogP contribution is 2.09. The van der Waals surface area contributed by atoms with Crippen LogP contribution in [0.2, 0.25) is 0 Å². The second-order valence-electron chi connectivity index (χ2n) is 4.75. The number of nitrogens with zero attached hydrogens (tertiary/aromatic N) is 2. The van der Waals surface area contributed by atoms with E-state index in [0.717, 1.165) is 39.3 Å². The number of rotatable bonds is 8. The summed E-state index contributed by atoms with van der Waals surface area (Å²) in [5.74, 6) is 0. The maximum absolute atomic E-state index is 8.70. The van der Waals surface area contributed by atoms with Crippen molar-refractivity contribution in [3.05, 3.63) is 0 Å². The van der Waals surface area contributed by atoms with Gasteiger partial charge in [-0.15, -0.1) is 0 Å². The van der Waals surface area contributed by atoms with Crippen molar-refractivity contribution in [3.63, 3.8) is 0 Å². The predicted molar refractivity (Wildman–Crippen MR) is 70.4 cm³/mol. The Morgan fingerprint density at radius 2 is 2.39 bits per heavy atom. The molecule has 0 spiro atoms. The lowest BCUT2D eigenvalue weighted by atomic mass is 10.1. The lowest BCUT2D eigenvalue weighted by molar-refractivity contribution is 0.0577. The van der Waals surface area contributed by atoms with Crippen LogP contribution in [-0.2, 0) is 9.47 Å². The van der Waals surface area contributed by atoms with Crippen LogP contribution in [-0.4, -0.2) is 63.5 Å². The summed E-state index contributed by atoms with van der Waals surface area (Å²) in [6, 6.07) is 3.08. The van der Waals surface area contributed by atoms with E-state index >= 15 is 0 Å². The molecule has 0 amide bonds. The summed E-state index contributed by atoms with van der Waals surface area (Å²) in [5, 5.41) is 12.2. The lowest BCUT2D eigenvalue weighted by Crippen LogP contribution is -2.46. The topological polar surface area (TPSA) is 57.5 Å². The Balaban J connectivity index is 2.35. The quantitative estimate of drug-likeness (QED) is 0.689. The molecular formula is C13H25N3O2. The van der Waals surface area contributed by atoms with Gasteiger partial charge in [0.1, 0.15) is 0 Å². The molecular weight excluding hydrogens is 230 g/mol. The first-order valence-electron chi connectivity index (χ1n) is 6.69. The number of methoxy groups -OCH3 is 1. The molecule has 2 atom stereocenters. The zero-order valence-corrected chi connectivity index (χ0v) is 11.5. The number of ether oxygens (including phenoxy) is 2. The van der Waals surface area contributed by atoms with E-state index in [1.54, 1.807) is 7.11 Å². The van der Waals surface area contributed by atoms with Crippen LogP contribution in [0, 0.1) is 11.3 Å². The summed E-state index contributed by atoms with van der Waals surface area (Å²) >= 11 is 0. The second-order valence-corrected chi connectivity index (χ2v) is 4.75. The lowest BCUT2D eigenvalue weighted by Gasteiger charge is -2.32. The number of hydrogen-bond donors (Lipinski definition) is 1. The molecule has 0 aliphatic carbocycles. The number of morpholine rings is 1. The van der Waals surface area contributed by atoms with Crippen LogP contribution >= 0.6 is 0 Å². The van der Waals surface area contributed by atoms with Gasteiger partial charge in [0.25, 0.3) is 0 Å². The molecule has 1 heterocycles. The molecule has 1 aliphatic rings. The Morgan fingerprint density at radius 3 is 3.00 bits per heavy atom. The summed E-state index contributed by atoms with van der Waals surface area (Å²) in [7, 11) is 1.71. The minimum Gasteiger partial charge on any atom is -0.383 e. The number of nitrogens with one attached hydrogen (secondary N) is 1. The third kappa shape index (κ3) is 5.78. The summed E-state index contributed by atoms with van der Waals surface area (Å²) in [5.41, 5.74) is 0. The summed E-state index contributed by atoms with van der Waals surface area (Å²) < 4.78 is 10.6. The third-order valence-corrected chi connectivity index (χ3v) is 3.34. The van der Waals surface area contributed by atoms with Crippen molar-refractivity contribution < 1.29 is 9.47 Å². The molecule has 1 N–H and O–H groups in total. The first-order valence-corrected chi connectivity index (χ1v) is 6.69. The van der Waals surface area contributed by atoms with E-state index in [2.05, 4.69) is 23.2 Å². The standard InChI is InChI=1S/C13H25N3O2/c1-12(10-13-11-18-8-5-15-13)16(6-3-4-14)7-9-17-2/h12-13,15H,3,5-11H2,1-2H3. The zero-order chi connectivity index (χ0) is 13.2. The molecule has 0 aromatic rings. The van der Waals surface area contributed by atoms with Gasteiger partial charge >= 0.3 is 0 Å². The van der Waals surface area contributed by atoms with Crippen LogP contribution in [0.3, 0.4) is 0 Å². The third-order valence-electron chi connectivity index (χ3n) is 3.34. The first kappa shape index (κ1) is 15.4. The average molecular weight is 255 g/mol. The molecule has 104 valence electrons. The van der Waals surface area contributed by atoms with Crippen molar-refractivity contribution in [2.45, 2.75) is 31.8 Å². The fourth-order valence-corrected chi connectivity index (χ4v) is 2.29. The van der Waals surface area contributed by atoms with Gasteiger partial charge in [0, 0.05) is 45.2 Å². The van der Waals surface area contributed by atoms with Crippen molar-refractivity contribution in [2.24, 2.45) is 0 Å². The highest BCUT2D eigenvalue weighted by atomic mass is 16.5. The van der Waals surface area contributed by atoms with Gasteiger partial charge < -0.3 is 14.8 Å². The number of hydrogen-bond acceptors (Lipinski definition) is 5. The smallest absolute Gasteiger partial charge is 0.0635 e. The Kier molecular flexibility index (Phi) is 7.94. The largest absolute Gasteiger partial charge is 0.383 e. The fourth-order valence-electron chi connectivity index (χ4n) is 2.29. The number of nitriles is 1. The molecule has 1 saturated heterocycles. The molecule has 0 saturated carbocycles. The van der Waals surface area contributed by atoms with E-state index in [4.69, 9.17) is 14.7 Å². The van der Waals surface area contributed by atoms with Crippen LogP contribution in [0.4, 0.5) is 0 Å². The molecule has 5 nitrogen and oxygen atoms in total. The molecule has 5 heteroatoms. The molecule has 0 bridgehead atoms. The second kappa shape index (κ2) is 9.29. The van der Waals surface area contributed by atoms with E-state index in [1.165, 1.54) is 0 Å². The highest BCUT2D eigenvalue weighted by molar-refractivity contribution is 4.80. The normalized spacial score (nSPS) is 21.8. The van der Waals surface area contributed by atoms with Crippen molar-refractivity contribution in [1.29, 1.82) is 5.26 Å². The minimum atomic E-state index is 0.431. The first-order chi connectivity index (χ1) is 8.77. The van der Waals surface area contributed by atoms with E-state index in [9.17, 15) is 0 Å².